The van der Waals surface area contributed by atoms with Crippen molar-refractivity contribution in [1.29, 1.82) is 0 Å². The number of rotatable bonds is 11. The number of carbonyl (C=O) groups excluding carboxylic acids is 1. The highest BCUT2D eigenvalue weighted by Crippen LogP contribution is 2.29. The van der Waals surface area contributed by atoms with E-state index < -0.39 is 5.97 Å². The molecular formula is C25H32N2O4. The fourth-order valence-electron chi connectivity index (χ4n) is 4.20. The normalized spacial score (nSPS) is 12.7. The lowest BCUT2D eigenvalue weighted by Gasteiger charge is -2.19. The molecule has 0 saturated heterocycles. The summed E-state index contributed by atoms with van der Waals surface area (Å²) >= 11 is 0. The van der Waals surface area contributed by atoms with Gasteiger partial charge in [-0.1, -0.05) is 27.7 Å². The third kappa shape index (κ3) is 5.24. The maximum absolute atomic E-state index is 12.9. The van der Waals surface area contributed by atoms with Crippen molar-refractivity contribution in [3.8, 4) is 0 Å². The molecule has 1 unspecified atom stereocenters. The Hall–Kier alpha value is -2.89. The number of fused-ring (bicyclic) bond motifs is 1. The van der Waals surface area contributed by atoms with E-state index in [-0.39, 0.29) is 30.5 Å². The van der Waals surface area contributed by atoms with Gasteiger partial charge < -0.3 is 14.1 Å². The predicted octanol–water partition coefficient (Wildman–Crippen LogP) is 5.90. The number of aliphatic carboxylic acids is 1. The zero-order valence-corrected chi connectivity index (χ0v) is 18.8. The number of imidazole rings is 1. The van der Waals surface area contributed by atoms with Crippen LogP contribution in [0, 0.1) is 11.8 Å². The third-order valence-corrected chi connectivity index (χ3v) is 6.13. The van der Waals surface area contributed by atoms with Crippen LogP contribution in [0.25, 0.3) is 11.0 Å². The molecule has 0 saturated carbocycles. The van der Waals surface area contributed by atoms with Crippen molar-refractivity contribution >= 4 is 22.8 Å². The number of hydrogen-bond acceptors (Lipinski definition) is 4. The van der Waals surface area contributed by atoms with E-state index in [0.717, 1.165) is 35.5 Å². The van der Waals surface area contributed by atoms with E-state index in [2.05, 4.69) is 18.4 Å². The van der Waals surface area contributed by atoms with E-state index in [9.17, 15) is 9.59 Å². The molecule has 2 heterocycles. The summed E-state index contributed by atoms with van der Waals surface area (Å²) in [5, 5.41) is 9.16. The van der Waals surface area contributed by atoms with Gasteiger partial charge in [-0.3, -0.25) is 9.59 Å². The van der Waals surface area contributed by atoms with Crippen LogP contribution in [0.2, 0.25) is 0 Å². The van der Waals surface area contributed by atoms with Crippen molar-refractivity contribution < 1.29 is 19.1 Å². The standard InChI is InChI=1S/C25H32N2O4/c1-5-19(6-2)27-22-10-9-17(23(28)13-18(16(3)4)14-25(29)30)12-21(22)26-24(27)15-20-8-7-11-31-20/h7-12,16,18-19H,5-6,13-15H2,1-4H3,(H,29,30). The Morgan fingerprint density at radius 2 is 1.87 bits per heavy atom. The van der Waals surface area contributed by atoms with E-state index in [1.54, 1.807) is 6.26 Å². The molecule has 0 aliphatic rings. The number of aromatic nitrogens is 2. The number of carboxylic acid groups (broad SMARTS) is 1. The SMILES string of the molecule is CCC(CC)n1c(Cc2ccco2)nc2cc(C(=O)CC(CC(=O)O)C(C)C)ccc21. The summed E-state index contributed by atoms with van der Waals surface area (Å²) in [6, 6.07) is 9.80. The van der Waals surface area contributed by atoms with Crippen molar-refractivity contribution in [2.45, 2.75) is 65.8 Å². The van der Waals surface area contributed by atoms with Gasteiger partial charge in [-0.15, -0.1) is 0 Å². The number of nitrogens with zero attached hydrogens (tertiary/aromatic N) is 2. The second-order valence-electron chi connectivity index (χ2n) is 8.56. The van der Waals surface area contributed by atoms with Gasteiger partial charge >= 0.3 is 5.97 Å². The molecule has 0 aliphatic carbocycles. The molecular weight excluding hydrogens is 392 g/mol. The first kappa shape index (κ1) is 22.8. The van der Waals surface area contributed by atoms with Crippen LogP contribution >= 0.6 is 0 Å². The van der Waals surface area contributed by atoms with Crippen LogP contribution < -0.4 is 0 Å². The summed E-state index contributed by atoms with van der Waals surface area (Å²) in [5.41, 5.74) is 2.39. The maximum atomic E-state index is 12.9. The number of ketones is 1. The average Bonchev–Trinajstić information content (AvgIpc) is 3.36. The number of Topliss-reactive ketones (excluding diaryl/α,β-unsaturated/α-hetero) is 1. The molecule has 2 aromatic heterocycles. The van der Waals surface area contributed by atoms with Gasteiger partial charge in [0.25, 0.3) is 0 Å². The maximum Gasteiger partial charge on any atom is 0.303 e. The van der Waals surface area contributed by atoms with E-state index >= 15 is 0 Å². The number of benzene rings is 1. The Balaban J connectivity index is 1.96. The molecule has 0 radical (unpaired) electrons. The van der Waals surface area contributed by atoms with Gasteiger partial charge in [0.2, 0.25) is 0 Å². The third-order valence-electron chi connectivity index (χ3n) is 6.13. The fraction of sp³-hybridized carbons (Fsp3) is 0.480. The number of hydrogen-bond donors (Lipinski definition) is 1. The first-order chi connectivity index (χ1) is 14.8. The molecule has 0 aliphatic heterocycles. The summed E-state index contributed by atoms with van der Waals surface area (Å²) in [7, 11) is 0. The smallest absolute Gasteiger partial charge is 0.303 e. The van der Waals surface area contributed by atoms with E-state index in [1.807, 2.05) is 44.2 Å². The highest BCUT2D eigenvalue weighted by Gasteiger charge is 2.23. The molecule has 1 aromatic carbocycles. The van der Waals surface area contributed by atoms with E-state index in [0.29, 0.717) is 18.0 Å². The van der Waals surface area contributed by atoms with Crippen molar-refractivity contribution in [3.63, 3.8) is 0 Å². The fourth-order valence-corrected chi connectivity index (χ4v) is 4.20. The highest BCUT2D eigenvalue weighted by atomic mass is 16.4. The molecule has 1 N–H and O–H groups in total. The molecule has 1 atom stereocenters. The van der Waals surface area contributed by atoms with Crippen molar-refractivity contribution in [1.82, 2.24) is 9.55 Å². The summed E-state index contributed by atoms with van der Waals surface area (Å²) < 4.78 is 7.81. The quantitative estimate of drug-likeness (QED) is 0.387. The van der Waals surface area contributed by atoms with Gasteiger partial charge in [-0.25, -0.2) is 4.98 Å². The molecule has 31 heavy (non-hydrogen) atoms. The molecule has 0 bridgehead atoms. The lowest BCUT2D eigenvalue weighted by molar-refractivity contribution is -0.138. The first-order valence-corrected chi connectivity index (χ1v) is 11.1. The molecule has 6 nitrogen and oxygen atoms in total. The largest absolute Gasteiger partial charge is 0.481 e. The molecule has 3 rings (SSSR count). The Bertz CT molecular complexity index is 1030. The zero-order valence-electron chi connectivity index (χ0n) is 18.8. The summed E-state index contributed by atoms with van der Waals surface area (Å²) in [4.78, 5) is 29.0. The second kappa shape index (κ2) is 9.94. The molecule has 0 spiro atoms. The van der Waals surface area contributed by atoms with Crippen LogP contribution in [0.4, 0.5) is 0 Å². The summed E-state index contributed by atoms with van der Waals surface area (Å²) in [6.45, 7) is 8.26. The van der Waals surface area contributed by atoms with E-state index in [4.69, 9.17) is 14.5 Å². The molecule has 3 aromatic rings. The minimum atomic E-state index is -0.867. The van der Waals surface area contributed by atoms with E-state index in [1.165, 1.54) is 0 Å². The predicted molar refractivity (Wildman–Crippen MR) is 120 cm³/mol. The van der Waals surface area contributed by atoms with Crippen LogP contribution in [-0.2, 0) is 11.2 Å². The monoisotopic (exact) mass is 424 g/mol. The van der Waals surface area contributed by atoms with Crippen LogP contribution in [-0.4, -0.2) is 26.4 Å². The van der Waals surface area contributed by atoms with Gasteiger partial charge in [0.05, 0.1) is 23.7 Å². The minimum absolute atomic E-state index is 0.00224. The minimum Gasteiger partial charge on any atom is -0.481 e. The first-order valence-electron chi connectivity index (χ1n) is 11.1. The average molecular weight is 425 g/mol. The van der Waals surface area contributed by atoms with Crippen molar-refractivity contribution in [3.05, 3.63) is 53.7 Å². The summed E-state index contributed by atoms with van der Waals surface area (Å²) in [5.74, 6) is 0.816. The van der Waals surface area contributed by atoms with Crippen molar-refractivity contribution in [2.24, 2.45) is 11.8 Å². The van der Waals surface area contributed by atoms with Crippen LogP contribution in [0.15, 0.2) is 41.0 Å². The lowest BCUT2D eigenvalue weighted by atomic mass is 9.86. The lowest BCUT2D eigenvalue weighted by Crippen LogP contribution is -2.18. The second-order valence-corrected chi connectivity index (χ2v) is 8.56. The Kier molecular flexibility index (Phi) is 7.31. The molecule has 166 valence electrons. The van der Waals surface area contributed by atoms with Gasteiger partial charge in [0.1, 0.15) is 11.6 Å². The zero-order chi connectivity index (χ0) is 22.5. The van der Waals surface area contributed by atoms with Crippen LogP contribution in [0.5, 0.6) is 0 Å². The molecule has 0 fully saturated rings. The number of furan rings is 1. The van der Waals surface area contributed by atoms with Crippen LogP contribution in [0.1, 0.15) is 81.4 Å². The summed E-state index contributed by atoms with van der Waals surface area (Å²) in [6.07, 6.45) is 4.45. The van der Waals surface area contributed by atoms with Gasteiger partial charge in [-0.05, 0) is 55.0 Å². The van der Waals surface area contributed by atoms with Crippen molar-refractivity contribution in [2.75, 3.05) is 0 Å². The van der Waals surface area contributed by atoms with Gasteiger partial charge in [0.15, 0.2) is 5.78 Å². The number of carboxylic acids is 1. The Morgan fingerprint density at radius 3 is 2.45 bits per heavy atom. The molecule has 0 amide bonds. The number of carbonyl (C=O) groups is 2. The topological polar surface area (TPSA) is 85.3 Å². The Labute approximate surface area is 183 Å². The molecule has 6 heteroatoms. The highest BCUT2D eigenvalue weighted by molar-refractivity contribution is 5.99. The van der Waals surface area contributed by atoms with Gasteiger partial charge in [-0.2, -0.15) is 0 Å². The van der Waals surface area contributed by atoms with Crippen LogP contribution in [0.3, 0.4) is 0 Å². The van der Waals surface area contributed by atoms with Gasteiger partial charge in [0, 0.05) is 24.4 Å². The Morgan fingerprint density at radius 1 is 1.13 bits per heavy atom.